The molecular formula is C16H14N4O2. The van der Waals surface area contributed by atoms with Gasteiger partial charge in [-0.15, -0.1) is 0 Å². The van der Waals surface area contributed by atoms with E-state index >= 15 is 0 Å². The Labute approximate surface area is 127 Å². The van der Waals surface area contributed by atoms with Gasteiger partial charge in [-0.1, -0.05) is 11.2 Å². The Morgan fingerprint density at radius 2 is 2.09 bits per heavy atom. The van der Waals surface area contributed by atoms with Gasteiger partial charge in [-0.3, -0.25) is 14.8 Å². The zero-order valence-corrected chi connectivity index (χ0v) is 12.0. The molecule has 0 saturated heterocycles. The van der Waals surface area contributed by atoms with Crippen molar-refractivity contribution in [2.45, 2.75) is 13.5 Å². The van der Waals surface area contributed by atoms with Crippen LogP contribution in [-0.4, -0.2) is 21.0 Å². The van der Waals surface area contributed by atoms with Gasteiger partial charge in [0.1, 0.15) is 11.3 Å². The Balaban J connectivity index is 1.79. The summed E-state index contributed by atoms with van der Waals surface area (Å²) < 4.78 is 4.90. The van der Waals surface area contributed by atoms with E-state index in [1.807, 2.05) is 24.3 Å². The Hall–Kier alpha value is -3.02. The second kappa shape index (κ2) is 6.17. The Morgan fingerprint density at radius 1 is 1.23 bits per heavy atom. The maximum atomic E-state index is 12.1. The lowest BCUT2D eigenvalue weighted by Gasteiger charge is -2.09. The van der Waals surface area contributed by atoms with E-state index in [9.17, 15) is 4.79 Å². The van der Waals surface area contributed by atoms with Crippen molar-refractivity contribution in [2.75, 3.05) is 0 Å². The summed E-state index contributed by atoms with van der Waals surface area (Å²) in [7, 11) is 0. The number of nitrogens with zero attached hydrogens (tertiary/aromatic N) is 3. The summed E-state index contributed by atoms with van der Waals surface area (Å²) in [6.07, 6.45) is 6.59. The van der Waals surface area contributed by atoms with Crippen molar-refractivity contribution >= 4 is 5.91 Å². The number of hydrogen-bond donors (Lipinski definition) is 1. The molecule has 0 radical (unpaired) electrons. The third kappa shape index (κ3) is 2.85. The van der Waals surface area contributed by atoms with Crippen molar-refractivity contribution in [3.8, 4) is 11.3 Å². The minimum Gasteiger partial charge on any atom is -0.361 e. The molecule has 0 atom stereocenters. The van der Waals surface area contributed by atoms with Crippen molar-refractivity contribution in [3.05, 3.63) is 65.9 Å². The lowest BCUT2D eigenvalue weighted by atomic mass is 10.1. The Kier molecular flexibility index (Phi) is 3.91. The van der Waals surface area contributed by atoms with E-state index in [-0.39, 0.29) is 5.91 Å². The van der Waals surface area contributed by atoms with Crippen LogP contribution in [0.1, 0.15) is 21.7 Å². The van der Waals surface area contributed by atoms with E-state index in [4.69, 9.17) is 4.52 Å². The van der Waals surface area contributed by atoms with Crippen LogP contribution in [0.3, 0.4) is 0 Å². The first kappa shape index (κ1) is 13.9. The molecule has 3 aromatic rings. The van der Waals surface area contributed by atoms with E-state index in [1.165, 1.54) is 6.20 Å². The van der Waals surface area contributed by atoms with E-state index in [1.54, 1.807) is 25.5 Å². The molecular weight excluding hydrogens is 280 g/mol. The summed E-state index contributed by atoms with van der Waals surface area (Å²) in [5.74, 6) is 0.274. The predicted octanol–water partition coefficient (Wildman–Crippen LogP) is 2.37. The molecule has 0 saturated carbocycles. The zero-order valence-electron chi connectivity index (χ0n) is 12.0. The van der Waals surface area contributed by atoms with Gasteiger partial charge in [0.15, 0.2) is 0 Å². The lowest BCUT2D eigenvalue weighted by Crippen LogP contribution is -2.23. The highest BCUT2D eigenvalue weighted by atomic mass is 16.5. The Bertz CT molecular complexity index is 784. The largest absolute Gasteiger partial charge is 0.361 e. The lowest BCUT2D eigenvalue weighted by molar-refractivity contribution is 0.0949. The van der Waals surface area contributed by atoms with Gasteiger partial charge in [-0.2, -0.15) is 0 Å². The zero-order chi connectivity index (χ0) is 15.4. The van der Waals surface area contributed by atoms with Crippen molar-refractivity contribution < 1.29 is 9.32 Å². The Morgan fingerprint density at radius 3 is 2.82 bits per heavy atom. The summed E-state index contributed by atoms with van der Waals surface area (Å²) in [5.41, 5.74) is 3.07. The molecule has 0 aromatic carbocycles. The fourth-order valence-corrected chi connectivity index (χ4v) is 2.13. The van der Waals surface area contributed by atoms with Gasteiger partial charge >= 0.3 is 0 Å². The number of carbonyl (C=O) groups excluding carboxylic acids is 1. The number of aryl methyl sites for hydroxylation is 1. The van der Waals surface area contributed by atoms with Crippen molar-refractivity contribution in [1.82, 2.24) is 20.4 Å². The molecule has 0 bridgehead atoms. The average Bonchev–Trinajstić information content (AvgIpc) is 3.00. The van der Waals surface area contributed by atoms with Crippen LogP contribution in [-0.2, 0) is 6.54 Å². The molecule has 0 aliphatic heterocycles. The molecule has 3 aromatic heterocycles. The van der Waals surface area contributed by atoms with Crippen LogP contribution < -0.4 is 5.32 Å². The van der Waals surface area contributed by atoms with Gasteiger partial charge in [-0.05, 0) is 30.7 Å². The normalized spacial score (nSPS) is 10.4. The number of amides is 1. The maximum Gasteiger partial charge on any atom is 0.256 e. The van der Waals surface area contributed by atoms with Crippen molar-refractivity contribution in [1.29, 1.82) is 0 Å². The van der Waals surface area contributed by atoms with E-state index in [0.29, 0.717) is 17.9 Å². The van der Waals surface area contributed by atoms with Gasteiger partial charge in [0, 0.05) is 30.7 Å². The molecule has 110 valence electrons. The number of aromatic nitrogens is 3. The SMILES string of the molecule is Cc1oncc1C(=O)NCc1cccnc1-c1cccnc1. The topological polar surface area (TPSA) is 80.9 Å². The highest BCUT2D eigenvalue weighted by Gasteiger charge is 2.13. The van der Waals surface area contributed by atoms with Crippen LogP contribution in [0.2, 0.25) is 0 Å². The number of nitrogens with one attached hydrogen (secondary N) is 1. The van der Waals surface area contributed by atoms with Gasteiger partial charge in [0.25, 0.3) is 5.91 Å². The number of pyridine rings is 2. The minimum atomic E-state index is -0.222. The average molecular weight is 294 g/mol. The quantitative estimate of drug-likeness (QED) is 0.799. The predicted molar refractivity (Wildman–Crippen MR) is 79.9 cm³/mol. The van der Waals surface area contributed by atoms with E-state index in [2.05, 4.69) is 20.4 Å². The van der Waals surface area contributed by atoms with Gasteiger partial charge < -0.3 is 9.84 Å². The van der Waals surface area contributed by atoms with Gasteiger partial charge in [0.2, 0.25) is 0 Å². The molecule has 22 heavy (non-hydrogen) atoms. The van der Waals surface area contributed by atoms with Crippen LogP contribution in [0.4, 0.5) is 0 Å². The molecule has 1 N–H and O–H groups in total. The first-order chi connectivity index (χ1) is 10.8. The van der Waals surface area contributed by atoms with Gasteiger partial charge in [0.05, 0.1) is 11.9 Å². The second-order valence-electron chi connectivity index (χ2n) is 4.73. The molecule has 0 aliphatic carbocycles. The molecule has 3 rings (SSSR count). The molecule has 0 spiro atoms. The standard InChI is InChI=1S/C16H14N4O2/c1-11-14(10-20-22-11)16(21)19-9-13-5-3-7-18-15(13)12-4-2-6-17-8-12/h2-8,10H,9H2,1H3,(H,19,21). The van der Waals surface area contributed by atoms with Crippen LogP contribution in [0.5, 0.6) is 0 Å². The number of hydrogen-bond acceptors (Lipinski definition) is 5. The first-order valence-electron chi connectivity index (χ1n) is 6.79. The monoisotopic (exact) mass is 294 g/mol. The van der Waals surface area contributed by atoms with Crippen LogP contribution >= 0.6 is 0 Å². The molecule has 0 aliphatic rings. The molecule has 0 fully saturated rings. The third-order valence-electron chi connectivity index (χ3n) is 3.26. The molecule has 0 unspecified atom stereocenters. The van der Waals surface area contributed by atoms with Crippen LogP contribution in [0.15, 0.2) is 53.6 Å². The van der Waals surface area contributed by atoms with Gasteiger partial charge in [-0.25, -0.2) is 0 Å². The first-order valence-corrected chi connectivity index (χ1v) is 6.79. The van der Waals surface area contributed by atoms with E-state index < -0.39 is 0 Å². The fourth-order valence-electron chi connectivity index (χ4n) is 2.13. The smallest absolute Gasteiger partial charge is 0.256 e. The second-order valence-corrected chi connectivity index (χ2v) is 4.73. The number of rotatable bonds is 4. The summed E-state index contributed by atoms with van der Waals surface area (Å²) >= 11 is 0. The van der Waals surface area contributed by atoms with E-state index in [0.717, 1.165) is 16.8 Å². The summed E-state index contributed by atoms with van der Waals surface area (Å²) in [6, 6.07) is 7.56. The molecule has 3 heterocycles. The molecule has 6 heteroatoms. The van der Waals surface area contributed by atoms with Crippen LogP contribution in [0, 0.1) is 6.92 Å². The van der Waals surface area contributed by atoms with Crippen LogP contribution in [0.25, 0.3) is 11.3 Å². The maximum absolute atomic E-state index is 12.1. The summed E-state index contributed by atoms with van der Waals surface area (Å²) in [5, 5.41) is 6.46. The molecule has 1 amide bonds. The third-order valence-corrected chi connectivity index (χ3v) is 3.26. The highest BCUT2D eigenvalue weighted by Crippen LogP contribution is 2.19. The molecule has 6 nitrogen and oxygen atoms in total. The summed E-state index contributed by atoms with van der Waals surface area (Å²) in [6.45, 7) is 2.06. The minimum absolute atomic E-state index is 0.222. The van der Waals surface area contributed by atoms with Crippen molar-refractivity contribution in [2.24, 2.45) is 0 Å². The number of carbonyl (C=O) groups is 1. The van der Waals surface area contributed by atoms with Crippen molar-refractivity contribution in [3.63, 3.8) is 0 Å². The fraction of sp³-hybridized carbons (Fsp3) is 0.125. The summed E-state index contributed by atoms with van der Waals surface area (Å²) in [4.78, 5) is 20.6. The highest BCUT2D eigenvalue weighted by molar-refractivity contribution is 5.94.